The Morgan fingerprint density at radius 1 is 1.40 bits per heavy atom. The quantitative estimate of drug-likeness (QED) is 0.720. The Hall–Kier alpha value is -1.62. The normalized spacial score (nSPS) is 12.4. The van der Waals surface area contributed by atoms with Gasteiger partial charge in [-0.15, -0.1) is 0 Å². The monoisotopic (exact) mass is 212 g/mol. The fourth-order valence-electron chi connectivity index (χ4n) is 1.07. The molecule has 0 fully saturated rings. The summed E-state index contributed by atoms with van der Waals surface area (Å²) in [5.74, 6) is -1.00. The molecule has 0 radical (unpaired) electrons. The Kier molecular flexibility index (Phi) is 3.62. The highest BCUT2D eigenvalue weighted by atomic mass is 16.4. The van der Waals surface area contributed by atoms with Gasteiger partial charge in [-0.25, -0.2) is 0 Å². The standard InChI is InChI=1S/C10H12O5/c1-6(11)8-3-4-9(15-8)7(12)2-5-10(13)14/h3-4,6,11H,2,5H2,1H3,(H,13,14)/t6-/m1/s1. The second-order valence-electron chi connectivity index (χ2n) is 3.19. The number of aliphatic carboxylic acids is 1. The van der Waals surface area contributed by atoms with Crippen molar-refractivity contribution in [3.8, 4) is 0 Å². The van der Waals surface area contributed by atoms with Gasteiger partial charge in [-0.05, 0) is 19.1 Å². The maximum atomic E-state index is 11.3. The number of carbonyl (C=O) groups excluding carboxylic acids is 1. The van der Waals surface area contributed by atoms with E-state index in [1.54, 1.807) is 0 Å². The van der Waals surface area contributed by atoms with Crippen molar-refractivity contribution in [1.82, 2.24) is 0 Å². The number of hydrogen-bond acceptors (Lipinski definition) is 4. The molecule has 82 valence electrons. The van der Waals surface area contributed by atoms with Crippen molar-refractivity contribution in [3.05, 3.63) is 23.7 Å². The van der Waals surface area contributed by atoms with Crippen LogP contribution in [0.5, 0.6) is 0 Å². The topological polar surface area (TPSA) is 87.7 Å². The highest BCUT2D eigenvalue weighted by Gasteiger charge is 2.14. The number of carboxylic acid groups (broad SMARTS) is 1. The molecule has 0 amide bonds. The van der Waals surface area contributed by atoms with Gasteiger partial charge in [0.1, 0.15) is 11.9 Å². The van der Waals surface area contributed by atoms with Gasteiger partial charge in [0, 0.05) is 6.42 Å². The number of carboxylic acids is 1. The summed E-state index contributed by atoms with van der Waals surface area (Å²) in [6.45, 7) is 1.52. The lowest BCUT2D eigenvalue weighted by Crippen LogP contribution is -2.02. The van der Waals surface area contributed by atoms with E-state index >= 15 is 0 Å². The fourth-order valence-corrected chi connectivity index (χ4v) is 1.07. The Morgan fingerprint density at radius 3 is 2.53 bits per heavy atom. The molecule has 0 saturated carbocycles. The van der Waals surface area contributed by atoms with Gasteiger partial charge >= 0.3 is 5.97 Å². The van der Waals surface area contributed by atoms with Crippen molar-refractivity contribution in [1.29, 1.82) is 0 Å². The number of Topliss-reactive ketones (excluding diaryl/α,β-unsaturated/α-hetero) is 1. The zero-order chi connectivity index (χ0) is 11.4. The predicted octanol–water partition coefficient (Wildman–Crippen LogP) is 1.38. The van der Waals surface area contributed by atoms with Crippen LogP contribution in [0.15, 0.2) is 16.5 Å². The van der Waals surface area contributed by atoms with Crippen molar-refractivity contribution < 1.29 is 24.2 Å². The van der Waals surface area contributed by atoms with Gasteiger partial charge < -0.3 is 14.6 Å². The van der Waals surface area contributed by atoms with E-state index in [0.29, 0.717) is 5.76 Å². The van der Waals surface area contributed by atoms with Gasteiger partial charge in [0.15, 0.2) is 11.5 Å². The molecule has 2 N–H and O–H groups in total. The first-order valence-corrected chi connectivity index (χ1v) is 4.53. The van der Waals surface area contributed by atoms with E-state index in [0.717, 1.165) is 0 Å². The van der Waals surface area contributed by atoms with Gasteiger partial charge in [-0.1, -0.05) is 0 Å². The van der Waals surface area contributed by atoms with Crippen molar-refractivity contribution in [3.63, 3.8) is 0 Å². The van der Waals surface area contributed by atoms with Crippen LogP contribution in [0.2, 0.25) is 0 Å². The molecule has 0 saturated heterocycles. The fraction of sp³-hybridized carbons (Fsp3) is 0.400. The zero-order valence-electron chi connectivity index (χ0n) is 8.27. The van der Waals surface area contributed by atoms with Crippen molar-refractivity contribution in [2.75, 3.05) is 0 Å². The van der Waals surface area contributed by atoms with Crippen molar-refractivity contribution >= 4 is 11.8 Å². The molecule has 1 heterocycles. The lowest BCUT2D eigenvalue weighted by Gasteiger charge is -1.98. The average molecular weight is 212 g/mol. The number of ketones is 1. The summed E-state index contributed by atoms with van der Waals surface area (Å²) in [4.78, 5) is 21.6. The van der Waals surface area contributed by atoms with Crippen LogP contribution in [0.3, 0.4) is 0 Å². The number of rotatable bonds is 5. The van der Waals surface area contributed by atoms with Crippen LogP contribution in [0.25, 0.3) is 0 Å². The minimum absolute atomic E-state index is 0.0900. The molecule has 1 aromatic rings. The van der Waals surface area contributed by atoms with Crippen LogP contribution in [-0.2, 0) is 4.79 Å². The number of furan rings is 1. The second-order valence-corrected chi connectivity index (χ2v) is 3.19. The SMILES string of the molecule is C[C@@H](O)c1ccc(C(=O)CCC(=O)O)o1. The summed E-state index contributed by atoms with van der Waals surface area (Å²) < 4.78 is 5.05. The first-order chi connectivity index (χ1) is 7.00. The Labute approximate surface area is 86.3 Å². The smallest absolute Gasteiger partial charge is 0.303 e. The maximum absolute atomic E-state index is 11.3. The minimum atomic E-state index is -1.02. The van der Waals surface area contributed by atoms with Crippen molar-refractivity contribution in [2.45, 2.75) is 25.9 Å². The highest BCUT2D eigenvalue weighted by molar-refractivity contribution is 5.95. The third kappa shape index (κ3) is 3.21. The molecule has 5 heteroatoms. The predicted molar refractivity (Wildman–Crippen MR) is 50.5 cm³/mol. The first kappa shape index (κ1) is 11.5. The molecule has 0 aliphatic carbocycles. The maximum Gasteiger partial charge on any atom is 0.303 e. The van der Waals surface area contributed by atoms with Crippen LogP contribution in [0.4, 0.5) is 0 Å². The minimum Gasteiger partial charge on any atom is -0.481 e. The zero-order valence-corrected chi connectivity index (χ0v) is 8.27. The molecule has 0 bridgehead atoms. The lowest BCUT2D eigenvalue weighted by molar-refractivity contribution is -0.136. The molecular formula is C10H12O5. The molecule has 1 aromatic heterocycles. The Bertz CT molecular complexity index is 364. The number of hydrogen-bond donors (Lipinski definition) is 2. The summed E-state index contributed by atoms with van der Waals surface area (Å²) >= 11 is 0. The third-order valence-electron chi connectivity index (χ3n) is 1.88. The summed E-state index contributed by atoms with van der Waals surface area (Å²) in [6.07, 6.45) is -1.09. The molecule has 0 unspecified atom stereocenters. The summed E-state index contributed by atoms with van der Waals surface area (Å²) in [5, 5.41) is 17.5. The number of aliphatic hydroxyl groups is 1. The molecule has 0 aliphatic heterocycles. The molecular weight excluding hydrogens is 200 g/mol. The largest absolute Gasteiger partial charge is 0.481 e. The molecule has 1 atom stereocenters. The van der Waals surface area contributed by atoms with Crippen LogP contribution in [0.1, 0.15) is 42.2 Å². The third-order valence-corrected chi connectivity index (χ3v) is 1.88. The average Bonchev–Trinajstić information content (AvgIpc) is 2.62. The van der Waals surface area contributed by atoms with E-state index < -0.39 is 12.1 Å². The lowest BCUT2D eigenvalue weighted by atomic mass is 10.2. The molecule has 1 rings (SSSR count). The molecule has 0 aliphatic rings. The molecule has 5 nitrogen and oxygen atoms in total. The summed E-state index contributed by atoms with van der Waals surface area (Å²) in [5.41, 5.74) is 0. The van der Waals surface area contributed by atoms with Crippen LogP contribution in [-0.4, -0.2) is 22.0 Å². The van der Waals surface area contributed by atoms with Crippen molar-refractivity contribution in [2.24, 2.45) is 0 Å². The molecule has 0 aromatic carbocycles. The Morgan fingerprint density at radius 2 is 2.07 bits per heavy atom. The van der Waals surface area contributed by atoms with Crippen LogP contribution in [0, 0.1) is 0 Å². The number of aliphatic hydroxyl groups excluding tert-OH is 1. The van der Waals surface area contributed by atoms with Crippen LogP contribution < -0.4 is 0 Å². The Balaban J connectivity index is 2.62. The second kappa shape index (κ2) is 4.75. The van der Waals surface area contributed by atoms with Crippen LogP contribution >= 0.6 is 0 Å². The molecule has 15 heavy (non-hydrogen) atoms. The highest BCUT2D eigenvalue weighted by Crippen LogP contribution is 2.17. The van der Waals surface area contributed by atoms with Gasteiger partial charge in [-0.3, -0.25) is 9.59 Å². The van der Waals surface area contributed by atoms with Gasteiger partial charge in [0.05, 0.1) is 6.42 Å². The van der Waals surface area contributed by atoms with Gasteiger partial charge in [0.2, 0.25) is 0 Å². The van der Waals surface area contributed by atoms with E-state index in [2.05, 4.69) is 0 Å². The molecule has 0 spiro atoms. The van der Waals surface area contributed by atoms with E-state index in [1.807, 2.05) is 0 Å². The van der Waals surface area contributed by atoms with E-state index in [4.69, 9.17) is 14.6 Å². The number of carbonyl (C=O) groups is 2. The van der Waals surface area contributed by atoms with E-state index in [1.165, 1.54) is 19.1 Å². The van der Waals surface area contributed by atoms with E-state index in [-0.39, 0.29) is 24.4 Å². The van der Waals surface area contributed by atoms with Gasteiger partial charge in [-0.2, -0.15) is 0 Å². The van der Waals surface area contributed by atoms with E-state index in [9.17, 15) is 9.59 Å². The van der Waals surface area contributed by atoms with Gasteiger partial charge in [0.25, 0.3) is 0 Å². The summed E-state index contributed by atoms with van der Waals surface area (Å²) in [7, 11) is 0. The first-order valence-electron chi connectivity index (χ1n) is 4.53. The summed E-state index contributed by atoms with van der Waals surface area (Å²) in [6, 6.07) is 2.94.